The second-order valence-electron chi connectivity index (χ2n) is 4.68. The molecule has 0 aliphatic rings. The highest BCUT2D eigenvalue weighted by atomic mass is 35.5. The molecule has 0 fully saturated rings. The van der Waals surface area contributed by atoms with Gasteiger partial charge >= 0.3 is 11.8 Å². The quantitative estimate of drug-likeness (QED) is 0.826. The van der Waals surface area contributed by atoms with Crippen LogP contribution in [-0.2, 0) is 16.0 Å². The molecule has 2 amide bonds. The fourth-order valence-corrected chi connectivity index (χ4v) is 2.32. The second-order valence-corrected chi connectivity index (χ2v) is 5.52. The molecule has 0 aliphatic heterocycles. The third-order valence-corrected chi connectivity index (χ3v) is 3.57. The van der Waals surface area contributed by atoms with Crippen molar-refractivity contribution in [3.8, 4) is 0 Å². The van der Waals surface area contributed by atoms with E-state index < -0.39 is 11.8 Å². The maximum Gasteiger partial charge on any atom is 0.313 e. The summed E-state index contributed by atoms with van der Waals surface area (Å²) in [6.45, 7) is 0.140. The number of rotatable bonds is 4. The normalized spacial score (nSPS) is 10.2. The third kappa shape index (κ3) is 4.94. The van der Waals surface area contributed by atoms with Gasteiger partial charge in [0.05, 0.1) is 10.7 Å². The van der Waals surface area contributed by atoms with E-state index in [1.807, 2.05) is 0 Å². The minimum Gasteiger partial charge on any atom is -0.347 e. The van der Waals surface area contributed by atoms with Gasteiger partial charge in [0.1, 0.15) is 5.82 Å². The molecule has 0 unspecified atom stereocenters. The SMILES string of the molecule is O=C(NCCc1ccccc1F)C(=O)Nc1ccc(Cl)cc1Cl. The Bertz CT molecular complexity index is 738. The molecule has 7 heteroatoms. The van der Waals surface area contributed by atoms with Gasteiger partial charge in [0, 0.05) is 11.6 Å². The van der Waals surface area contributed by atoms with Crippen molar-refractivity contribution in [2.45, 2.75) is 6.42 Å². The van der Waals surface area contributed by atoms with E-state index in [2.05, 4.69) is 10.6 Å². The zero-order valence-electron chi connectivity index (χ0n) is 11.9. The number of amides is 2. The number of hydrogen-bond acceptors (Lipinski definition) is 2. The van der Waals surface area contributed by atoms with Crippen LogP contribution in [0, 0.1) is 5.82 Å². The van der Waals surface area contributed by atoms with Crippen molar-refractivity contribution < 1.29 is 14.0 Å². The molecule has 0 radical (unpaired) electrons. The Kier molecular flexibility index (Phi) is 5.96. The van der Waals surface area contributed by atoms with Crippen LogP contribution >= 0.6 is 23.2 Å². The van der Waals surface area contributed by atoms with E-state index in [0.29, 0.717) is 10.6 Å². The number of halogens is 3. The smallest absolute Gasteiger partial charge is 0.313 e. The predicted molar refractivity (Wildman–Crippen MR) is 88.2 cm³/mol. The molecule has 120 valence electrons. The van der Waals surface area contributed by atoms with Crippen molar-refractivity contribution in [3.05, 3.63) is 63.9 Å². The summed E-state index contributed by atoms with van der Waals surface area (Å²) in [7, 11) is 0. The summed E-state index contributed by atoms with van der Waals surface area (Å²) in [6, 6.07) is 10.7. The summed E-state index contributed by atoms with van der Waals surface area (Å²) in [6.07, 6.45) is 0.285. The summed E-state index contributed by atoms with van der Waals surface area (Å²) in [5.41, 5.74) is 0.749. The average molecular weight is 355 g/mol. The second kappa shape index (κ2) is 7.94. The molecular formula is C16H13Cl2FN2O2. The lowest BCUT2D eigenvalue weighted by Gasteiger charge is -2.08. The van der Waals surface area contributed by atoms with Gasteiger partial charge in [-0.1, -0.05) is 41.4 Å². The standard InChI is InChI=1S/C16H13Cl2FN2O2/c17-11-5-6-14(12(18)9-11)21-16(23)15(22)20-8-7-10-3-1-2-4-13(10)19/h1-6,9H,7-8H2,(H,20,22)(H,21,23). The summed E-state index contributed by atoms with van der Waals surface area (Å²) in [4.78, 5) is 23.5. The number of benzene rings is 2. The fraction of sp³-hybridized carbons (Fsp3) is 0.125. The lowest BCUT2D eigenvalue weighted by Crippen LogP contribution is -2.36. The van der Waals surface area contributed by atoms with Crippen molar-refractivity contribution in [3.63, 3.8) is 0 Å². The minimum absolute atomic E-state index is 0.140. The van der Waals surface area contributed by atoms with Crippen LogP contribution in [0.5, 0.6) is 0 Å². The molecule has 0 spiro atoms. The van der Waals surface area contributed by atoms with Crippen LogP contribution in [0.4, 0.5) is 10.1 Å². The number of carbonyl (C=O) groups is 2. The Hall–Kier alpha value is -2.11. The Morgan fingerprint density at radius 1 is 1.04 bits per heavy atom. The van der Waals surface area contributed by atoms with E-state index >= 15 is 0 Å². The molecule has 0 aromatic heterocycles. The fourth-order valence-electron chi connectivity index (χ4n) is 1.86. The van der Waals surface area contributed by atoms with Gasteiger partial charge < -0.3 is 10.6 Å². The Morgan fingerprint density at radius 2 is 1.78 bits per heavy atom. The number of carbonyl (C=O) groups excluding carboxylic acids is 2. The highest BCUT2D eigenvalue weighted by molar-refractivity contribution is 6.42. The van der Waals surface area contributed by atoms with E-state index in [1.54, 1.807) is 24.3 Å². The van der Waals surface area contributed by atoms with E-state index in [9.17, 15) is 14.0 Å². The van der Waals surface area contributed by atoms with Crippen LogP contribution in [0.15, 0.2) is 42.5 Å². The lowest BCUT2D eigenvalue weighted by atomic mass is 10.1. The Morgan fingerprint density at radius 3 is 2.48 bits per heavy atom. The third-order valence-electron chi connectivity index (χ3n) is 3.02. The zero-order valence-corrected chi connectivity index (χ0v) is 13.4. The maximum atomic E-state index is 13.4. The molecule has 0 aliphatic carbocycles. The van der Waals surface area contributed by atoms with Gasteiger partial charge in [0.15, 0.2) is 0 Å². The highest BCUT2D eigenvalue weighted by Crippen LogP contribution is 2.25. The van der Waals surface area contributed by atoms with Crippen molar-refractivity contribution in [1.82, 2.24) is 5.32 Å². The molecule has 2 aromatic rings. The molecule has 4 nitrogen and oxygen atoms in total. The van der Waals surface area contributed by atoms with Crippen LogP contribution < -0.4 is 10.6 Å². The van der Waals surface area contributed by atoms with Crippen molar-refractivity contribution in [2.24, 2.45) is 0 Å². The lowest BCUT2D eigenvalue weighted by molar-refractivity contribution is -0.136. The van der Waals surface area contributed by atoms with Crippen LogP contribution in [-0.4, -0.2) is 18.4 Å². The molecule has 0 saturated heterocycles. The molecule has 0 saturated carbocycles. The Balaban J connectivity index is 1.86. The number of hydrogen-bond donors (Lipinski definition) is 2. The number of anilines is 1. The zero-order chi connectivity index (χ0) is 16.8. The van der Waals surface area contributed by atoms with Crippen LogP contribution in [0.25, 0.3) is 0 Å². The largest absolute Gasteiger partial charge is 0.347 e. The topological polar surface area (TPSA) is 58.2 Å². The predicted octanol–water partition coefficient (Wildman–Crippen LogP) is 3.43. The summed E-state index contributed by atoms with van der Waals surface area (Å²) in [5.74, 6) is -2.03. The van der Waals surface area contributed by atoms with Gasteiger partial charge in [-0.15, -0.1) is 0 Å². The summed E-state index contributed by atoms with van der Waals surface area (Å²) in [5, 5.41) is 5.45. The molecule has 2 aromatic carbocycles. The summed E-state index contributed by atoms with van der Waals surface area (Å²) >= 11 is 11.7. The van der Waals surface area contributed by atoms with E-state index in [4.69, 9.17) is 23.2 Å². The first-order valence-electron chi connectivity index (χ1n) is 6.75. The molecule has 0 bridgehead atoms. The van der Waals surface area contributed by atoms with Crippen LogP contribution in [0.3, 0.4) is 0 Å². The first-order chi connectivity index (χ1) is 11.0. The average Bonchev–Trinajstić information content (AvgIpc) is 2.51. The van der Waals surface area contributed by atoms with Gasteiger partial charge in [0.2, 0.25) is 0 Å². The van der Waals surface area contributed by atoms with Gasteiger partial charge in [-0.3, -0.25) is 9.59 Å². The molecule has 23 heavy (non-hydrogen) atoms. The highest BCUT2D eigenvalue weighted by Gasteiger charge is 2.15. The van der Waals surface area contributed by atoms with Gasteiger partial charge in [-0.05, 0) is 36.2 Å². The monoisotopic (exact) mass is 354 g/mol. The van der Waals surface area contributed by atoms with E-state index in [1.165, 1.54) is 18.2 Å². The van der Waals surface area contributed by atoms with Crippen molar-refractivity contribution >= 4 is 40.7 Å². The first kappa shape index (κ1) is 17.2. The maximum absolute atomic E-state index is 13.4. The molecule has 0 heterocycles. The van der Waals surface area contributed by atoms with E-state index in [-0.39, 0.29) is 29.5 Å². The van der Waals surface area contributed by atoms with Crippen LogP contribution in [0.2, 0.25) is 10.0 Å². The van der Waals surface area contributed by atoms with Crippen LogP contribution in [0.1, 0.15) is 5.56 Å². The molecule has 2 N–H and O–H groups in total. The van der Waals surface area contributed by atoms with E-state index in [0.717, 1.165) is 0 Å². The molecule has 0 atom stereocenters. The minimum atomic E-state index is -0.859. The van der Waals surface area contributed by atoms with Gasteiger partial charge in [0.25, 0.3) is 0 Å². The Labute approximate surface area is 142 Å². The van der Waals surface area contributed by atoms with Crippen molar-refractivity contribution in [2.75, 3.05) is 11.9 Å². The van der Waals surface area contributed by atoms with Gasteiger partial charge in [-0.25, -0.2) is 4.39 Å². The number of nitrogens with one attached hydrogen (secondary N) is 2. The molecular weight excluding hydrogens is 342 g/mol. The molecule has 2 rings (SSSR count). The van der Waals surface area contributed by atoms with Gasteiger partial charge in [-0.2, -0.15) is 0 Å². The first-order valence-corrected chi connectivity index (χ1v) is 7.50. The van der Waals surface area contributed by atoms with Crippen molar-refractivity contribution in [1.29, 1.82) is 0 Å². The summed E-state index contributed by atoms with van der Waals surface area (Å²) < 4.78 is 13.4.